The molecule has 6 unspecified atom stereocenters. The number of carbonyl (C=O) groups is 1. The van der Waals surface area contributed by atoms with Gasteiger partial charge in [0.15, 0.2) is 0 Å². The number of fused-ring (bicyclic) bond motifs is 3. The number of hydrogen-bond donors (Lipinski definition) is 5. The second kappa shape index (κ2) is 11.0. The molecule has 0 aromatic carbocycles. The Bertz CT molecular complexity index is 669. The molecule has 2 aliphatic heterocycles. The van der Waals surface area contributed by atoms with Crippen molar-refractivity contribution in [3.8, 4) is 0 Å². The number of ether oxygens (including phenoxy) is 2. The number of nitrogens with one attached hydrogen (secondary N) is 5. The lowest BCUT2D eigenvalue weighted by atomic mass is 9.87. The zero-order chi connectivity index (χ0) is 20.8. The molecule has 0 spiro atoms. The fraction of sp³-hybridized carbons (Fsp3) is 0.789. The van der Waals surface area contributed by atoms with Crippen LogP contribution in [0.3, 0.4) is 0 Å². The third kappa shape index (κ3) is 6.25. The van der Waals surface area contributed by atoms with Crippen molar-refractivity contribution in [3.05, 3.63) is 16.6 Å². The summed E-state index contributed by atoms with van der Waals surface area (Å²) < 4.78 is 12.1. The number of alkyl halides is 1. The van der Waals surface area contributed by atoms with Crippen LogP contribution in [-0.4, -0.2) is 73.3 Å². The van der Waals surface area contributed by atoms with Crippen LogP contribution in [0.2, 0.25) is 0 Å². The molecule has 5 N–H and O–H groups in total. The van der Waals surface area contributed by atoms with Gasteiger partial charge in [-0.1, -0.05) is 0 Å². The molecule has 3 fully saturated rings. The summed E-state index contributed by atoms with van der Waals surface area (Å²) in [6.45, 7) is 3.42. The Morgan fingerprint density at radius 3 is 2.90 bits per heavy atom. The van der Waals surface area contributed by atoms with Crippen LogP contribution in [0.15, 0.2) is 11.7 Å². The standard InChI is InChI=1S/C19H31ClN6O3S/c20-13-5-15-16(6-14(13)23-8-12-7-22-11-30-12)28-3-1-2-4-29-18-10-21-9-17(25-18)26-19(27)24-15/h7,11,13-18,21,23,25H,1-6,8-10H2,(H2,24,26,27). The van der Waals surface area contributed by atoms with E-state index in [4.69, 9.17) is 21.1 Å². The zero-order valence-electron chi connectivity index (χ0n) is 16.9. The number of nitrogens with zero attached hydrogens (tertiary/aromatic N) is 1. The number of rotatable bonds is 3. The quantitative estimate of drug-likeness (QED) is 0.424. The van der Waals surface area contributed by atoms with Crippen LogP contribution in [-0.2, 0) is 16.0 Å². The van der Waals surface area contributed by atoms with Gasteiger partial charge in [0.25, 0.3) is 0 Å². The van der Waals surface area contributed by atoms with Gasteiger partial charge in [-0.3, -0.25) is 10.3 Å². The molecule has 168 valence electrons. The second-order valence-electron chi connectivity index (χ2n) is 8.02. The van der Waals surface area contributed by atoms with Crippen molar-refractivity contribution < 1.29 is 14.3 Å². The van der Waals surface area contributed by atoms with Crippen LogP contribution in [0.1, 0.15) is 30.6 Å². The van der Waals surface area contributed by atoms with Crippen molar-refractivity contribution in [2.24, 2.45) is 0 Å². The van der Waals surface area contributed by atoms with E-state index in [1.54, 1.807) is 11.3 Å². The Kier molecular flexibility index (Phi) is 8.16. The van der Waals surface area contributed by atoms with Crippen LogP contribution in [0.5, 0.6) is 0 Å². The molecule has 0 radical (unpaired) electrons. The molecule has 30 heavy (non-hydrogen) atoms. The van der Waals surface area contributed by atoms with Crippen LogP contribution in [0.4, 0.5) is 4.79 Å². The summed E-state index contributed by atoms with van der Waals surface area (Å²) in [5.74, 6) is 0. The fourth-order valence-electron chi connectivity index (χ4n) is 4.16. The highest BCUT2D eigenvalue weighted by molar-refractivity contribution is 7.09. The summed E-state index contributed by atoms with van der Waals surface area (Å²) in [5, 5.41) is 16.2. The number of carbonyl (C=O) groups excluding carboxylic acids is 1. The lowest BCUT2D eigenvalue weighted by Gasteiger charge is -2.40. The molecule has 3 heterocycles. The van der Waals surface area contributed by atoms with Crippen molar-refractivity contribution in [2.75, 3.05) is 26.3 Å². The van der Waals surface area contributed by atoms with E-state index < -0.39 is 0 Å². The van der Waals surface area contributed by atoms with Gasteiger partial charge in [-0.05, 0) is 25.7 Å². The highest BCUT2D eigenvalue weighted by atomic mass is 35.5. The van der Waals surface area contributed by atoms with E-state index in [1.807, 2.05) is 11.7 Å². The zero-order valence-corrected chi connectivity index (χ0v) is 18.5. The van der Waals surface area contributed by atoms with E-state index in [9.17, 15) is 4.79 Å². The van der Waals surface area contributed by atoms with Crippen LogP contribution in [0.25, 0.3) is 0 Å². The predicted molar refractivity (Wildman–Crippen MR) is 116 cm³/mol. The van der Waals surface area contributed by atoms with E-state index >= 15 is 0 Å². The van der Waals surface area contributed by atoms with Crippen molar-refractivity contribution in [2.45, 2.75) is 68.2 Å². The van der Waals surface area contributed by atoms with Crippen molar-refractivity contribution in [3.63, 3.8) is 0 Å². The average molecular weight is 459 g/mol. The van der Waals surface area contributed by atoms with Gasteiger partial charge in [0.05, 0.1) is 29.2 Å². The molecule has 4 rings (SSSR count). The molecule has 1 aromatic rings. The minimum Gasteiger partial charge on any atom is -0.376 e. The van der Waals surface area contributed by atoms with Gasteiger partial charge in [-0.2, -0.15) is 0 Å². The summed E-state index contributed by atoms with van der Waals surface area (Å²) in [4.78, 5) is 17.9. The molecule has 11 heteroatoms. The Balaban J connectivity index is 1.37. The maximum absolute atomic E-state index is 12.6. The maximum atomic E-state index is 12.6. The Morgan fingerprint density at radius 1 is 1.20 bits per heavy atom. The summed E-state index contributed by atoms with van der Waals surface area (Å²) in [7, 11) is 0. The number of hydrogen-bond acceptors (Lipinski definition) is 8. The molecular formula is C19H31ClN6O3S. The van der Waals surface area contributed by atoms with Gasteiger partial charge in [-0.15, -0.1) is 22.9 Å². The number of piperazine rings is 1. The highest BCUT2D eigenvalue weighted by Crippen LogP contribution is 2.27. The van der Waals surface area contributed by atoms with Crippen molar-refractivity contribution in [1.82, 2.24) is 31.6 Å². The molecule has 2 saturated heterocycles. The van der Waals surface area contributed by atoms with E-state index in [-0.39, 0.29) is 42.0 Å². The topological polar surface area (TPSA) is 109 Å². The SMILES string of the molecule is O=C1NC2CNCC(N2)OCCCCOC2CC(NCc3cncs3)C(Cl)CC2N1. The van der Waals surface area contributed by atoms with Crippen molar-refractivity contribution in [1.29, 1.82) is 0 Å². The van der Waals surface area contributed by atoms with Gasteiger partial charge in [-0.25, -0.2) is 4.79 Å². The van der Waals surface area contributed by atoms with Crippen LogP contribution in [0, 0.1) is 0 Å². The number of amides is 2. The monoisotopic (exact) mass is 458 g/mol. The summed E-state index contributed by atoms with van der Waals surface area (Å²) in [6, 6.07) is -0.224. The molecule has 1 aromatic heterocycles. The summed E-state index contributed by atoms with van der Waals surface area (Å²) >= 11 is 8.33. The lowest BCUT2D eigenvalue weighted by molar-refractivity contribution is -0.0180. The van der Waals surface area contributed by atoms with E-state index in [0.29, 0.717) is 26.2 Å². The molecule has 1 aliphatic carbocycles. The minimum atomic E-state index is -0.217. The Hall–Kier alpha value is -1.01. The first-order chi connectivity index (χ1) is 14.7. The number of thiazole rings is 1. The summed E-state index contributed by atoms with van der Waals surface area (Å²) in [6.07, 6.45) is 4.76. The first-order valence-electron chi connectivity index (χ1n) is 10.7. The van der Waals surface area contributed by atoms with Crippen molar-refractivity contribution >= 4 is 29.0 Å². The van der Waals surface area contributed by atoms with E-state index in [1.165, 1.54) is 4.88 Å². The third-order valence-corrected chi connectivity index (χ3v) is 7.01. The molecule has 2 bridgehead atoms. The average Bonchev–Trinajstić information content (AvgIpc) is 3.24. The molecule has 2 amide bonds. The molecule has 1 saturated carbocycles. The fourth-order valence-corrected chi connectivity index (χ4v) is 5.09. The molecule has 6 atom stereocenters. The molecule has 9 nitrogen and oxygen atoms in total. The second-order valence-corrected chi connectivity index (χ2v) is 9.55. The maximum Gasteiger partial charge on any atom is 0.316 e. The number of halogens is 1. The minimum absolute atomic E-state index is 0.0845. The first-order valence-corrected chi connectivity index (χ1v) is 12.0. The smallest absolute Gasteiger partial charge is 0.316 e. The van der Waals surface area contributed by atoms with Gasteiger partial charge in [0.1, 0.15) is 6.23 Å². The van der Waals surface area contributed by atoms with Gasteiger partial charge >= 0.3 is 6.03 Å². The van der Waals surface area contributed by atoms with E-state index in [2.05, 4.69) is 31.6 Å². The van der Waals surface area contributed by atoms with Crippen LogP contribution < -0.4 is 26.6 Å². The molecular weight excluding hydrogens is 428 g/mol. The van der Waals surface area contributed by atoms with Gasteiger partial charge < -0.3 is 30.7 Å². The number of aromatic nitrogens is 1. The highest BCUT2D eigenvalue weighted by Gasteiger charge is 2.38. The van der Waals surface area contributed by atoms with Crippen LogP contribution >= 0.6 is 22.9 Å². The lowest BCUT2D eigenvalue weighted by Crippen LogP contribution is -2.65. The number of urea groups is 1. The Labute approximate surface area is 186 Å². The molecule has 3 aliphatic rings. The van der Waals surface area contributed by atoms with Gasteiger partial charge in [0, 0.05) is 50.0 Å². The summed E-state index contributed by atoms with van der Waals surface area (Å²) in [5.41, 5.74) is 1.83. The van der Waals surface area contributed by atoms with E-state index in [0.717, 1.165) is 32.4 Å². The normalized spacial score (nSPS) is 36.1. The largest absolute Gasteiger partial charge is 0.376 e. The third-order valence-electron chi connectivity index (χ3n) is 5.75. The predicted octanol–water partition coefficient (Wildman–Crippen LogP) is 0.711. The first kappa shape index (κ1) is 22.2. The Morgan fingerprint density at radius 2 is 2.07 bits per heavy atom. The van der Waals surface area contributed by atoms with Gasteiger partial charge in [0.2, 0.25) is 0 Å².